The van der Waals surface area contributed by atoms with Crippen molar-refractivity contribution in [2.45, 2.75) is 30.3 Å². The number of hydrogen-bond acceptors (Lipinski definition) is 4. The molecular formula is C14H17NO4S. The molecule has 1 amide bonds. The first-order chi connectivity index (χ1) is 9.66. The molecule has 1 aromatic carbocycles. The molecule has 20 heavy (non-hydrogen) atoms. The van der Waals surface area contributed by atoms with E-state index in [1.165, 1.54) is 0 Å². The van der Waals surface area contributed by atoms with E-state index >= 15 is 0 Å². The zero-order valence-corrected chi connectivity index (χ0v) is 11.8. The number of carboxylic acids is 1. The van der Waals surface area contributed by atoms with E-state index in [4.69, 9.17) is 9.84 Å². The average molecular weight is 295 g/mol. The third-order valence-corrected chi connectivity index (χ3v) is 4.04. The maximum Gasteiger partial charge on any atom is 0.303 e. The Morgan fingerprint density at radius 3 is 2.95 bits per heavy atom. The van der Waals surface area contributed by atoms with Gasteiger partial charge in [-0.2, -0.15) is 0 Å². The van der Waals surface area contributed by atoms with Crippen molar-refractivity contribution in [2.75, 3.05) is 12.3 Å². The Balaban J connectivity index is 1.73. The van der Waals surface area contributed by atoms with Gasteiger partial charge in [0.25, 0.3) is 5.91 Å². The quantitative estimate of drug-likeness (QED) is 0.784. The van der Waals surface area contributed by atoms with Crippen LogP contribution in [-0.2, 0) is 9.59 Å². The zero-order valence-electron chi connectivity index (χ0n) is 11.0. The lowest BCUT2D eigenvalue weighted by molar-refractivity contribution is -0.137. The van der Waals surface area contributed by atoms with Crippen LogP contribution in [0.15, 0.2) is 29.2 Å². The number of carbonyl (C=O) groups excluding carboxylic acids is 1. The molecule has 0 radical (unpaired) electrons. The number of fused-ring (bicyclic) bond motifs is 1. The van der Waals surface area contributed by atoms with E-state index < -0.39 is 12.1 Å². The van der Waals surface area contributed by atoms with Crippen molar-refractivity contribution in [3.63, 3.8) is 0 Å². The van der Waals surface area contributed by atoms with Gasteiger partial charge in [-0.15, -0.1) is 11.8 Å². The molecule has 5 nitrogen and oxygen atoms in total. The predicted octanol–water partition coefficient (Wildman–Crippen LogP) is 1.91. The summed E-state index contributed by atoms with van der Waals surface area (Å²) in [6, 6.07) is 7.65. The molecule has 0 unspecified atom stereocenters. The van der Waals surface area contributed by atoms with E-state index in [9.17, 15) is 9.59 Å². The first-order valence-corrected chi connectivity index (χ1v) is 7.53. The fourth-order valence-electron chi connectivity index (χ4n) is 1.88. The molecule has 2 N–H and O–H groups in total. The van der Waals surface area contributed by atoms with Crippen LogP contribution in [0, 0.1) is 0 Å². The number of unbranched alkanes of at least 4 members (excludes halogenated alkanes) is 1. The van der Waals surface area contributed by atoms with Gasteiger partial charge in [0.2, 0.25) is 0 Å². The smallest absolute Gasteiger partial charge is 0.303 e. The van der Waals surface area contributed by atoms with E-state index in [1.54, 1.807) is 11.8 Å². The number of carboxylic acid groups (broad SMARTS) is 1. The van der Waals surface area contributed by atoms with Crippen LogP contribution in [0.5, 0.6) is 5.75 Å². The molecule has 1 aromatic rings. The number of aliphatic carboxylic acids is 1. The number of carbonyl (C=O) groups is 2. The van der Waals surface area contributed by atoms with Crippen molar-refractivity contribution in [1.82, 2.24) is 5.32 Å². The summed E-state index contributed by atoms with van der Waals surface area (Å²) in [5, 5.41) is 11.3. The Bertz CT molecular complexity index is 492. The molecule has 0 saturated carbocycles. The Morgan fingerprint density at radius 2 is 2.15 bits per heavy atom. The van der Waals surface area contributed by atoms with Crippen molar-refractivity contribution in [3.8, 4) is 5.75 Å². The van der Waals surface area contributed by atoms with Crippen LogP contribution >= 0.6 is 11.8 Å². The topological polar surface area (TPSA) is 75.6 Å². The van der Waals surface area contributed by atoms with Crippen LogP contribution < -0.4 is 10.1 Å². The summed E-state index contributed by atoms with van der Waals surface area (Å²) < 4.78 is 5.66. The Labute approximate surface area is 121 Å². The summed E-state index contributed by atoms with van der Waals surface area (Å²) in [6.07, 6.45) is 0.890. The van der Waals surface area contributed by atoms with Crippen molar-refractivity contribution in [1.29, 1.82) is 0 Å². The first-order valence-electron chi connectivity index (χ1n) is 6.55. The van der Waals surface area contributed by atoms with Crippen LogP contribution in [0.3, 0.4) is 0 Å². The molecule has 1 atom stereocenters. The number of amides is 1. The maximum atomic E-state index is 11.9. The highest BCUT2D eigenvalue weighted by molar-refractivity contribution is 7.99. The fraction of sp³-hybridized carbons (Fsp3) is 0.429. The SMILES string of the molecule is O=C(O)CCCCNC(=O)[C@@H]1CSc2ccccc2O1. The molecule has 108 valence electrons. The van der Waals surface area contributed by atoms with Gasteiger partial charge in [0, 0.05) is 23.6 Å². The summed E-state index contributed by atoms with van der Waals surface area (Å²) >= 11 is 1.61. The van der Waals surface area contributed by atoms with Gasteiger partial charge in [0.1, 0.15) is 5.75 Å². The highest BCUT2D eigenvalue weighted by Gasteiger charge is 2.25. The molecule has 2 rings (SSSR count). The number of hydrogen-bond donors (Lipinski definition) is 2. The number of rotatable bonds is 6. The largest absolute Gasteiger partial charge is 0.481 e. The number of benzene rings is 1. The molecule has 0 fully saturated rings. The molecule has 0 saturated heterocycles. The van der Waals surface area contributed by atoms with Crippen LogP contribution in [-0.4, -0.2) is 35.4 Å². The molecule has 0 aliphatic carbocycles. The highest BCUT2D eigenvalue weighted by Crippen LogP contribution is 2.34. The van der Waals surface area contributed by atoms with Gasteiger partial charge in [-0.05, 0) is 25.0 Å². The van der Waals surface area contributed by atoms with Gasteiger partial charge in [-0.25, -0.2) is 0 Å². The highest BCUT2D eigenvalue weighted by atomic mass is 32.2. The van der Waals surface area contributed by atoms with Crippen LogP contribution in [0.2, 0.25) is 0 Å². The lowest BCUT2D eigenvalue weighted by Crippen LogP contribution is -2.41. The van der Waals surface area contributed by atoms with E-state index in [-0.39, 0.29) is 12.3 Å². The van der Waals surface area contributed by atoms with Gasteiger partial charge in [-0.1, -0.05) is 12.1 Å². The van der Waals surface area contributed by atoms with E-state index in [0.29, 0.717) is 25.1 Å². The lowest BCUT2D eigenvalue weighted by Gasteiger charge is -2.24. The molecule has 0 spiro atoms. The third kappa shape index (κ3) is 4.16. The fourth-order valence-corrected chi connectivity index (χ4v) is 2.86. The second-order valence-corrected chi connectivity index (χ2v) is 5.57. The lowest BCUT2D eigenvalue weighted by atomic mass is 10.2. The standard InChI is InChI=1S/C14H17NO4S/c16-13(17)7-3-4-8-15-14(18)11-9-20-12-6-2-1-5-10(12)19-11/h1-2,5-6,11H,3-4,7-9H2,(H,15,18)(H,16,17)/t11-/m0/s1. The number of nitrogens with one attached hydrogen (secondary N) is 1. The van der Waals surface area contributed by atoms with Crippen molar-refractivity contribution in [3.05, 3.63) is 24.3 Å². The minimum absolute atomic E-state index is 0.137. The summed E-state index contributed by atoms with van der Waals surface area (Å²) in [6.45, 7) is 0.484. The van der Waals surface area contributed by atoms with Gasteiger partial charge >= 0.3 is 5.97 Å². The van der Waals surface area contributed by atoms with Gasteiger partial charge < -0.3 is 15.2 Å². The monoisotopic (exact) mass is 295 g/mol. The Kier molecular flexibility index (Phi) is 5.29. The van der Waals surface area contributed by atoms with Crippen molar-refractivity contribution >= 4 is 23.6 Å². The number of ether oxygens (including phenoxy) is 1. The molecule has 6 heteroatoms. The van der Waals surface area contributed by atoms with Gasteiger partial charge in [0.05, 0.1) is 0 Å². The van der Waals surface area contributed by atoms with Crippen LogP contribution in [0.1, 0.15) is 19.3 Å². The summed E-state index contributed by atoms with van der Waals surface area (Å²) in [5.74, 6) is 0.398. The molecule has 1 aliphatic rings. The van der Waals surface area contributed by atoms with Gasteiger partial charge in [0.15, 0.2) is 6.10 Å². The van der Waals surface area contributed by atoms with E-state index in [2.05, 4.69) is 5.32 Å². The number of thioether (sulfide) groups is 1. The second-order valence-electron chi connectivity index (χ2n) is 4.51. The molecule has 0 bridgehead atoms. The molecule has 0 aromatic heterocycles. The van der Waals surface area contributed by atoms with Gasteiger partial charge in [-0.3, -0.25) is 9.59 Å². The predicted molar refractivity (Wildman–Crippen MR) is 76.1 cm³/mol. The molecular weight excluding hydrogens is 278 g/mol. The Morgan fingerprint density at radius 1 is 1.35 bits per heavy atom. The van der Waals surface area contributed by atoms with Crippen molar-refractivity contribution in [2.24, 2.45) is 0 Å². The van der Waals surface area contributed by atoms with Crippen molar-refractivity contribution < 1.29 is 19.4 Å². The minimum atomic E-state index is -0.806. The number of para-hydroxylation sites is 1. The molecule has 1 aliphatic heterocycles. The third-order valence-electron chi connectivity index (χ3n) is 2.92. The minimum Gasteiger partial charge on any atom is -0.481 e. The second kappa shape index (κ2) is 7.19. The zero-order chi connectivity index (χ0) is 14.4. The maximum absolute atomic E-state index is 11.9. The normalized spacial score (nSPS) is 16.9. The summed E-state index contributed by atoms with van der Waals surface area (Å²) in [7, 11) is 0. The van der Waals surface area contributed by atoms with Crippen LogP contribution in [0.4, 0.5) is 0 Å². The van der Waals surface area contributed by atoms with E-state index in [0.717, 1.165) is 10.6 Å². The summed E-state index contributed by atoms with van der Waals surface area (Å²) in [5.41, 5.74) is 0. The summed E-state index contributed by atoms with van der Waals surface area (Å²) in [4.78, 5) is 23.3. The first kappa shape index (κ1) is 14.7. The van der Waals surface area contributed by atoms with Crippen LogP contribution in [0.25, 0.3) is 0 Å². The average Bonchev–Trinajstić information content (AvgIpc) is 2.46. The van der Waals surface area contributed by atoms with E-state index in [1.807, 2.05) is 24.3 Å². The Hall–Kier alpha value is -1.69. The molecule has 1 heterocycles.